The standard InChI is InChI=1S/C23H39NO7.C2H5NO/c1-22(2,14-30-15-23(3,4)13-24)12-16-6-7-19(18(27)10-16)31-20(21(28)29-5)11-17(26)8-9-25;1-3-2-4/h6-7,10,17,20,25-27H,8-9,11-15,24H2,1-5H3;2H,1H3,(H,3,4). The summed E-state index contributed by atoms with van der Waals surface area (Å²) in [6.45, 7) is 9.73. The van der Waals surface area contributed by atoms with Crippen LogP contribution in [0, 0.1) is 10.8 Å². The van der Waals surface area contributed by atoms with E-state index in [-0.39, 0.29) is 41.8 Å². The van der Waals surface area contributed by atoms with Gasteiger partial charge >= 0.3 is 5.97 Å². The molecule has 1 amide bonds. The summed E-state index contributed by atoms with van der Waals surface area (Å²) in [5.41, 5.74) is 6.40. The van der Waals surface area contributed by atoms with Gasteiger partial charge in [0.2, 0.25) is 6.41 Å². The Labute approximate surface area is 208 Å². The second-order valence-electron chi connectivity index (χ2n) is 9.94. The maximum Gasteiger partial charge on any atom is 0.347 e. The summed E-state index contributed by atoms with van der Waals surface area (Å²) in [5.74, 6) is -0.655. The molecular weight excluding hydrogens is 456 g/mol. The molecule has 6 N–H and O–H groups in total. The van der Waals surface area contributed by atoms with Crippen LogP contribution in [0.4, 0.5) is 0 Å². The lowest BCUT2D eigenvalue weighted by Gasteiger charge is -2.28. The Balaban J connectivity index is 0.00000267. The van der Waals surface area contributed by atoms with Gasteiger partial charge in [-0.1, -0.05) is 33.8 Å². The van der Waals surface area contributed by atoms with Gasteiger partial charge in [-0.25, -0.2) is 4.79 Å². The number of aliphatic hydroxyl groups is 2. The number of methoxy groups -OCH3 is 1. The molecule has 0 aliphatic rings. The second kappa shape index (κ2) is 16.3. The fourth-order valence-corrected chi connectivity index (χ4v) is 3.03. The minimum absolute atomic E-state index is 0.0576. The third-order valence-electron chi connectivity index (χ3n) is 5.04. The first-order valence-corrected chi connectivity index (χ1v) is 11.6. The molecule has 0 spiro atoms. The molecule has 0 aromatic heterocycles. The van der Waals surface area contributed by atoms with E-state index < -0.39 is 18.2 Å². The van der Waals surface area contributed by atoms with Crippen molar-refractivity contribution in [1.82, 2.24) is 5.32 Å². The smallest absolute Gasteiger partial charge is 0.347 e. The molecule has 2 unspecified atom stereocenters. The summed E-state index contributed by atoms with van der Waals surface area (Å²) in [6.07, 6.45) is -0.682. The number of hydrogen-bond donors (Lipinski definition) is 5. The number of ether oxygens (including phenoxy) is 3. The Bertz CT molecular complexity index is 755. The van der Waals surface area contributed by atoms with Crippen molar-refractivity contribution < 1.29 is 39.1 Å². The molecule has 10 heteroatoms. The first-order valence-electron chi connectivity index (χ1n) is 11.6. The van der Waals surface area contributed by atoms with Gasteiger partial charge < -0.3 is 40.6 Å². The number of hydrogen-bond acceptors (Lipinski definition) is 9. The van der Waals surface area contributed by atoms with Crippen LogP contribution < -0.4 is 15.8 Å². The van der Waals surface area contributed by atoms with Gasteiger partial charge in [-0.3, -0.25) is 4.79 Å². The van der Waals surface area contributed by atoms with Crippen molar-refractivity contribution in [3.63, 3.8) is 0 Å². The van der Waals surface area contributed by atoms with Crippen molar-refractivity contribution in [2.75, 3.05) is 40.5 Å². The lowest BCUT2D eigenvalue weighted by Crippen LogP contribution is -2.33. The van der Waals surface area contributed by atoms with Crippen molar-refractivity contribution in [2.24, 2.45) is 16.6 Å². The molecule has 2 atom stereocenters. The predicted molar refractivity (Wildman–Crippen MR) is 133 cm³/mol. The van der Waals surface area contributed by atoms with Crippen LogP contribution in [0.3, 0.4) is 0 Å². The molecule has 0 saturated heterocycles. The molecule has 1 aromatic carbocycles. The normalized spacial score (nSPS) is 13.2. The largest absolute Gasteiger partial charge is 0.504 e. The zero-order valence-corrected chi connectivity index (χ0v) is 21.9. The third-order valence-corrected chi connectivity index (χ3v) is 5.04. The molecular formula is C25H44N2O8. The molecule has 35 heavy (non-hydrogen) atoms. The fourth-order valence-electron chi connectivity index (χ4n) is 3.03. The maximum atomic E-state index is 12.0. The van der Waals surface area contributed by atoms with Crippen molar-refractivity contribution >= 4 is 12.4 Å². The molecule has 0 aliphatic heterocycles. The number of amides is 1. The zero-order chi connectivity index (χ0) is 27.1. The van der Waals surface area contributed by atoms with Crippen LogP contribution in [0.15, 0.2) is 18.2 Å². The topological polar surface area (TPSA) is 161 Å². The lowest BCUT2D eigenvalue weighted by atomic mass is 9.86. The van der Waals surface area contributed by atoms with E-state index >= 15 is 0 Å². The molecule has 0 fully saturated rings. The Morgan fingerprint density at radius 3 is 2.29 bits per heavy atom. The Hall–Kier alpha value is -2.40. The molecule has 10 nitrogen and oxygen atoms in total. The van der Waals surface area contributed by atoms with Gasteiger partial charge in [-0.2, -0.15) is 0 Å². The Morgan fingerprint density at radius 2 is 1.80 bits per heavy atom. The summed E-state index contributed by atoms with van der Waals surface area (Å²) in [6, 6.07) is 5.01. The van der Waals surface area contributed by atoms with E-state index in [4.69, 9.17) is 29.8 Å². The molecule has 1 rings (SSSR count). The predicted octanol–water partition coefficient (Wildman–Crippen LogP) is 1.38. The third kappa shape index (κ3) is 13.9. The SMILES string of the molecule is CNC=O.COC(=O)C(CC(O)CCO)Oc1ccc(CC(C)(C)COCC(C)(C)CN)cc1O. The van der Waals surface area contributed by atoms with E-state index in [0.717, 1.165) is 5.56 Å². The number of aromatic hydroxyl groups is 1. The molecule has 0 saturated carbocycles. The Kier molecular flexibility index (Phi) is 15.2. The number of nitrogens with two attached hydrogens (primary N) is 1. The highest BCUT2D eigenvalue weighted by Crippen LogP contribution is 2.32. The number of carbonyl (C=O) groups excluding carboxylic acids is 2. The van der Waals surface area contributed by atoms with E-state index in [9.17, 15) is 15.0 Å². The average Bonchev–Trinajstić information content (AvgIpc) is 2.79. The van der Waals surface area contributed by atoms with Crippen LogP contribution in [0.1, 0.15) is 46.1 Å². The molecule has 0 heterocycles. The number of phenols is 1. The summed E-state index contributed by atoms with van der Waals surface area (Å²) in [4.78, 5) is 21.1. The minimum Gasteiger partial charge on any atom is -0.504 e. The molecule has 0 bridgehead atoms. The van der Waals surface area contributed by atoms with Gasteiger partial charge in [0.05, 0.1) is 26.4 Å². The quantitative estimate of drug-likeness (QED) is 0.177. The number of aliphatic hydroxyl groups excluding tert-OH is 2. The maximum absolute atomic E-state index is 12.0. The average molecular weight is 501 g/mol. The molecule has 0 radical (unpaired) electrons. The first-order chi connectivity index (χ1) is 16.3. The number of phenolic OH excluding ortho intramolecular Hbond substituents is 1. The number of esters is 1. The summed E-state index contributed by atoms with van der Waals surface area (Å²) in [5, 5.41) is 31.5. The number of carbonyl (C=O) groups is 2. The van der Waals surface area contributed by atoms with E-state index in [1.807, 2.05) is 6.07 Å². The van der Waals surface area contributed by atoms with Crippen LogP contribution in [0.25, 0.3) is 0 Å². The zero-order valence-electron chi connectivity index (χ0n) is 21.9. The van der Waals surface area contributed by atoms with E-state index in [1.165, 1.54) is 7.11 Å². The van der Waals surface area contributed by atoms with Gasteiger partial charge in [0.15, 0.2) is 17.6 Å². The van der Waals surface area contributed by atoms with Gasteiger partial charge in [0.1, 0.15) is 0 Å². The second-order valence-corrected chi connectivity index (χ2v) is 9.94. The van der Waals surface area contributed by atoms with Crippen LogP contribution in [-0.4, -0.2) is 80.4 Å². The highest BCUT2D eigenvalue weighted by atomic mass is 16.6. The minimum atomic E-state index is -1.10. The van der Waals surface area contributed by atoms with E-state index in [2.05, 4.69) is 33.0 Å². The van der Waals surface area contributed by atoms with Gasteiger partial charge in [0, 0.05) is 25.5 Å². The molecule has 1 aromatic rings. The van der Waals surface area contributed by atoms with Crippen molar-refractivity contribution in [2.45, 2.75) is 59.2 Å². The van der Waals surface area contributed by atoms with Crippen LogP contribution in [0.2, 0.25) is 0 Å². The van der Waals surface area contributed by atoms with Crippen molar-refractivity contribution in [1.29, 1.82) is 0 Å². The van der Waals surface area contributed by atoms with Crippen LogP contribution in [-0.2, 0) is 25.5 Å². The molecule has 202 valence electrons. The Morgan fingerprint density at radius 1 is 1.20 bits per heavy atom. The van der Waals surface area contributed by atoms with Crippen LogP contribution >= 0.6 is 0 Å². The number of rotatable bonds is 15. The summed E-state index contributed by atoms with van der Waals surface area (Å²) < 4.78 is 16.2. The lowest BCUT2D eigenvalue weighted by molar-refractivity contribution is -0.150. The first kappa shape index (κ1) is 32.6. The summed E-state index contributed by atoms with van der Waals surface area (Å²) in [7, 11) is 2.78. The van der Waals surface area contributed by atoms with Crippen molar-refractivity contribution in [3.8, 4) is 11.5 Å². The van der Waals surface area contributed by atoms with Crippen LogP contribution in [0.5, 0.6) is 11.5 Å². The monoisotopic (exact) mass is 500 g/mol. The molecule has 0 aliphatic carbocycles. The van der Waals surface area contributed by atoms with Gasteiger partial charge in [-0.05, 0) is 42.5 Å². The number of benzene rings is 1. The van der Waals surface area contributed by atoms with Crippen molar-refractivity contribution in [3.05, 3.63) is 23.8 Å². The highest BCUT2D eigenvalue weighted by Gasteiger charge is 2.27. The van der Waals surface area contributed by atoms with E-state index in [0.29, 0.717) is 32.6 Å². The van der Waals surface area contributed by atoms with Gasteiger partial charge in [0.25, 0.3) is 0 Å². The van der Waals surface area contributed by atoms with E-state index in [1.54, 1.807) is 19.2 Å². The number of nitrogens with one attached hydrogen (secondary N) is 1. The van der Waals surface area contributed by atoms with Gasteiger partial charge in [-0.15, -0.1) is 0 Å². The fraction of sp³-hybridized carbons (Fsp3) is 0.680. The summed E-state index contributed by atoms with van der Waals surface area (Å²) >= 11 is 0. The highest BCUT2D eigenvalue weighted by molar-refractivity contribution is 5.75.